The highest BCUT2D eigenvalue weighted by Crippen LogP contribution is 2.24. The fourth-order valence-corrected chi connectivity index (χ4v) is 2.46. The fourth-order valence-electron chi connectivity index (χ4n) is 2.46. The van der Waals surface area contributed by atoms with Crippen molar-refractivity contribution in [1.29, 1.82) is 0 Å². The van der Waals surface area contributed by atoms with Crippen molar-refractivity contribution in [3.63, 3.8) is 0 Å². The number of hydrogen-bond acceptors (Lipinski definition) is 4. The number of nitrogens with zero attached hydrogens (tertiary/aromatic N) is 1. The zero-order chi connectivity index (χ0) is 14.3. The monoisotopic (exact) mass is 267 g/mol. The van der Waals surface area contributed by atoms with E-state index < -0.39 is 12.0 Å². The Hall–Kier alpha value is -1.13. The summed E-state index contributed by atoms with van der Waals surface area (Å²) in [6.07, 6.45) is 6.48. The molecule has 0 amide bonds. The summed E-state index contributed by atoms with van der Waals surface area (Å²) in [5.74, 6) is -0.765. The van der Waals surface area contributed by atoms with Crippen LogP contribution in [0, 0.1) is 5.92 Å². The minimum atomic E-state index is -0.734. The number of aliphatic hydroxyl groups is 1. The molecule has 0 bridgehead atoms. The van der Waals surface area contributed by atoms with Gasteiger partial charge in [-0.2, -0.15) is 0 Å². The third kappa shape index (κ3) is 4.48. The highest BCUT2D eigenvalue weighted by molar-refractivity contribution is 5.73. The molecule has 0 saturated heterocycles. The van der Waals surface area contributed by atoms with E-state index in [2.05, 4.69) is 18.4 Å². The van der Waals surface area contributed by atoms with E-state index in [1.807, 2.05) is 12.2 Å². The second-order valence-corrected chi connectivity index (χ2v) is 4.82. The molecule has 4 heteroatoms. The van der Waals surface area contributed by atoms with Gasteiger partial charge in [0, 0.05) is 12.6 Å². The minimum Gasteiger partial charge on any atom is -0.466 e. The van der Waals surface area contributed by atoms with E-state index in [1.54, 1.807) is 13.0 Å². The van der Waals surface area contributed by atoms with Crippen LogP contribution in [-0.4, -0.2) is 47.8 Å². The van der Waals surface area contributed by atoms with E-state index >= 15 is 0 Å². The Kier molecular flexibility index (Phi) is 6.81. The number of ether oxygens (including phenoxy) is 1. The van der Waals surface area contributed by atoms with Crippen LogP contribution in [0.5, 0.6) is 0 Å². The van der Waals surface area contributed by atoms with Crippen LogP contribution >= 0.6 is 0 Å². The number of aliphatic hydroxyl groups excluding tert-OH is 1. The molecule has 0 aromatic carbocycles. The molecule has 0 aromatic heterocycles. The van der Waals surface area contributed by atoms with E-state index in [4.69, 9.17) is 4.74 Å². The first-order valence-electron chi connectivity index (χ1n) is 7.01. The smallest absolute Gasteiger partial charge is 0.311 e. The van der Waals surface area contributed by atoms with Crippen LogP contribution in [0.1, 0.15) is 26.7 Å². The second-order valence-electron chi connectivity index (χ2n) is 4.82. The molecular weight excluding hydrogens is 242 g/mol. The lowest BCUT2D eigenvalue weighted by Gasteiger charge is -2.34. The lowest BCUT2D eigenvalue weighted by Crippen LogP contribution is -2.43. The summed E-state index contributed by atoms with van der Waals surface area (Å²) in [5, 5.41) is 9.90. The zero-order valence-corrected chi connectivity index (χ0v) is 11.9. The van der Waals surface area contributed by atoms with Gasteiger partial charge in [0.15, 0.2) is 0 Å². The maximum atomic E-state index is 11.8. The molecule has 0 fully saturated rings. The molecule has 1 N–H and O–H groups in total. The average Bonchev–Trinajstić information content (AvgIpc) is 2.39. The Morgan fingerprint density at radius 3 is 2.84 bits per heavy atom. The summed E-state index contributed by atoms with van der Waals surface area (Å²) in [6.45, 7) is 9.76. The van der Waals surface area contributed by atoms with Crippen LogP contribution in [0.4, 0.5) is 0 Å². The van der Waals surface area contributed by atoms with Crippen molar-refractivity contribution in [1.82, 2.24) is 4.90 Å². The van der Waals surface area contributed by atoms with Crippen molar-refractivity contribution < 1.29 is 14.6 Å². The number of esters is 1. The van der Waals surface area contributed by atoms with Gasteiger partial charge in [0.2, 0.25) is 0 Å². The van der Waals surface area contributed by atoms with E-state index in [0.29, 0.717) is 13.0 Å². The normalized spacial score (nSPS) is 26.4. The lowest BCUT2D eigenvalue weighted by atomic mass is 9.87. The van der Waals surface area contributed by atoms with Crippen LogP contribution in [-0.2, 0) is 9.53 Å². The zero-order valence-electron chi connectivity index (χ0n) is 11.9. The van der Waals surface area contributed by atoms with E-state index in [1.165, 1.54) is 0 Å². The molecule has 3 unspecified atom stereocenters. The van der Waals surface area contributed by atoms with Crippen LogP contribution in [0.2, 0.25) is 0 Å². The van der Waals surface area contributed by atoms with Crippen molar-refractivity contribution >= 4 is 5.97 Å². The van der Waals surface area contributed by atoms with Crippen LogP contribution < -0.4 is 0 Å². The van der Waals surface area contributed by atoms with Crippen molar-refractivity contribution in [2.75, 3.05) is 19.7 Å². The summed E-state index contributed by atoms with van der Waals surface area (Å²) in [7, 11) is 0. The predicted molar refractivity (Wildman–Crippen MR) is 75.7 cm³/mol. The van der Waals surface area contributed by atoms with Gasteiger partial charge in [0.25, 0.3) is 0 Å². The second kappa shape index (κ2) is 8.12. The van der Waals surface area contributed by atoms with Crippen LogP contribution in [0.25, 0.3) is 0 Å². The van der Waals surface area contributed by atoms with E-state index in [-0.39, 0.29) is 12.0 Å². The van der Waals surface area contributed by atoms with Gasteiger partial charge in [-0.1, -0.05) is 25.2 Å². The van der Waals surface area contributed by atoms with E-state index in [9.17, 15) is 9.90 Å². The molecule has 3 atom stereocenters. The Morgan fingerprint density at radius 2 is 2.26 bits per heavy atom. The molecule has 4 nitrogen and oxygen atoms in total. The average molecular weight is 267 g/mol. The number of carbonyl (C=O) groups excluding carboxylic acids is 1. The molecule has 0 aromatic rings. The lowest BCUT2D eigenvalue weighted by molar-refractivity contribution is -0.152. The standard InChI is InChI=1S/C15H25NO3/c1-4-9-16(10-5-2)12-7-8-14(17)13(11-12)15(18)19-6-3/h4,7-8,12-14,17H,1,5-6,9-11H2,2-3H3. The molecule has 108 valence electrons. The SMILES string of the molecule is C=CCN(CCC)C1C=CC(O)C(C(=O)OCC)C1. The topological polar surface area (TPSA) is 49.8 Å². The maximum Gasteiger partial charge on any atom is 0.311 e. The highest BCUT2D eigenvalue weighted by Gasteiger charge is 2.33. The van der Waals surface area contributed by atoms with E-state index in [0.717, 1.165) is 19.5 Å². The minimum absolute atomic E-state index is 0.163. The molecule has 19 heavy (non-hydrogen) atoms. The van der Waals surface area contributed by atoms with Crippen molar-refractivity contribution in [2.24, 2.45) is 5.92 Å². The Balaban J connectivity index is 2.73. The number of hydrogen-bond donors (Lipinski definition) is 1. The first-order chi connectivity index (χ1) is 9.13. The molecule has 0 aliphatic heterocycles. The van der Waals surface area contributed by atoms with Gasteiger partial charge >= 0.3 is 5.97 Å². The molecular formula is C15H25NO3. The van der Waals surface area contributed by atoms with Gasteiger partial charge < -0.3 is 9.84 Å². The Labute approximate surface area is 115 Å². The largest absolute Gasteiger partial charge is 0.466 e. The predicted octanol–water partition coefficient (Wildman–Crippen LogP) is 1.75. The molecule has 1 aliphatic rings. The molecule has 0 radical (unpaired) electrons. The van der Waals surface area contributed by atoms with Crippen LogP contribution in [0.15, 0.2) is 24.8 Å². The summed E-state index contributed by atoms with van der Waals surface area (Å²) >= 11 is 0. The van der Waals surface area contributed by atoms with Crippen molar-refractivity contribution in [2.45, 2.75) is 38.8 Å². The first kappa shape index (κ1) is 15.9. The highest BCUT2D eigenvalue weighted by atomic mass is 16.5. The Morgan fingerprint density at radius 1 is 1.53 bits per heavy atom. The van der Waals surface area contributed by atoms with Gasteiger partial charge in [-0.15, -0.1) is 6.58 Å². The summed E-state index contributed by atoms with van der Waals surface area (Å²) in [6, 6.07) is 0.163. The third-order valence-electron chi connectivity index (χ3n) is 3.37. The summed E-state index contributed by atoms with van der Waals surface area (Å²) < 4.78 is 5.03. The number of rotatable bonds is 7. The van der Waals surface area contributed by atoms with Gasteiger partial charge in [-0.3, -0.25) is 9.69 Å². The summed E-state index contributed by atoms with van der Waals surface area (Å²) in [4.78, 5) is 14.1. The van der Waals surface area contributed by atoms with Crippen molar-refractivity contribution in [3.8, 4) is 0 Å². The molecule has 1 rings (SSSR count). The van der Waals surface area contributed by atoms with Crippen LogP contribution in [0.3, 0.4) is 0 Å². The molecule has 0 spiro atoms. The molecule has 1 aliphatic carbocycles. The third-order valence-corrected chi connectivity index (χ3v) is 3.37. The van der Waals surface area contributed by atoms with Crippen molar-refractivity contribution in [3.05, 3.63) is 24.8 Å². The quantitative estimate of drug-likeness (QED) is 0.564. The van der Waals surface area contributed by atoms with Gasteiger partial charge in [-0.25, -0.2) is 0 Å². The molecule has 0 heterocycles. The Bertz CT molecular complexity index is 327. The summed E-state index contributed by atoms with van der Waals surface area (Å²) in [5.41, 5.74) is 0. The molecule has 0 saturated carbocycles. The van der Waals surface area contributed by atoms with Gasteiger partial charge in [0.05, 0.1) is 18.6 Å². The van der Waals surface area contributed by atoms with Gasteiger partial charge in [-0.05, 0) is 26.3 Å². The maximum absolute atomic E-state index is 11.8. The fraction of sp³-hybridized carbons (Fsp3) is 0.667. The number of carbonyl (C=O) groups is 1. The van der Waals surface area contributed by atoms with Gasteiger partial charge in [0.1, 0.15) is 0 Å². The first-order valence-corrected chi connectivity index (χ1v) is 7.01.